The number of ketones is 1. The monoisotopic (exact) mass is 290 g/mol. The van der Waals surface area contributed by atoms with Gasteiger partial charge in [-0.25, -0.2) is 0 Å². The van der Waals surface area contributed by atoms with Crippen LogP contribution in [0.15, 0.2) is 23.9 Å². The van der Waals surface area contributed by atoms with Crippen LogP contribution < -0.4 is 10.6 Å². The molecular weight excluding hydrogens is 264 g/mol. The molecule has 0 spiro atoms. The van der Waals surface area contributed by atoms with Gasteiger partial charge in [-0.2, -0.15) is 0 Å². The van der Waals surface area contributed by atoms with Crippen molar-refractivity contribution >= 4 is 5.78 Å². The van der Waals surface area contributed by atoms with Crippen molar-refractivity contribution in [2.75, 3.05) is 13.1 Å². The first-order chi connectivity index (χ1) is 10.1. The van der Waals surface area contributed by atoms with Crippen LogP contribution in [0.2, 0.25) is 0 Å². The summed E-state index contributed by atoms with van der Waals surface area (Å²) in [7, 11) is 0. The van der Waals surface area contributed by atoms with E-state index in [9.17, 15) is 9.90 Å². The number of carbonyl (C=O) groups excluding carboxylic acids is 1. The van der Waals surface area contributed by atoms with E-state index in [-0.39, 0.29) is 17.3 Å². The van der Waals surface area contributed by atoms with Crippen LogP contribution >= 0.6 is 0 Å². The quantitative estimate of drug-likeness (QED) is 0.690. The van der Waals surface area contributed by atoms with Crippen LogP contribution in [0.1, 0.15) is 39.0 Å². The van der Waals surface area contributed by atoms with Gasteiger partial charge in [0.2, 0.25) is 0 Å². The zero-order valence-corrected chi connectivity index (χ0v) is 12.8. The van der Waals surface area contributed by atoms with Crippen LogP contribution in [0.25, 0.3) is 0 Å². The number of hydrogen-bond acceptors (Lipinski definition) is 4. The number of hydrogen-bond donors (Lipinski definition) is 3. The first-order valence-electron chi connectivity index (χ1n) is 8.22. The molecule has 0 aromatic heterocycles. The molecule has 0 bridgehead atoms. The molecule has 3 N–H and O–H groups in total. The minimum Gasteiger partial charge on any atom is -0.370 e. The fraction of sp³-hybridized carbons (Fsp3) is 0.706. The van der Waals surface area contributed by atoms with Gasteiger partial charge in [0.05, 0.1) is 0 Å². The lowest BCUT2D eigenvalue weighted by Crippen LogP contribution is -2.42. The number of fused-ring (bicyclic) bond motifs is 1. The third-order valence-corrected chi connectivity index (χ3v) is 5.27. The number of carbonyl (C=O) groups is 1. The van der Waals surface area contributed by atoms with Gasteiger partial charge in [-0.15, -0.1) is 0 Å². The molecule has 0 aromatic carbocycles. The fourth-order valence-electron chi connectivity index (χ4n) is 4.17. The Labute approximate surface area is 126 Å². The molecule has 2 heterocycles. The van der Waals surface area contributed by atoms with Crippen LogP contribution in [0, 0.1) is 17.3 Å². The predicted molar refractivity (Wildman–Crippen MR) is 82.4 cm³/mol. The molecular formula is C17H26N2O2. The normalized spacial score (nSPS) is 38.6. The molecule has 4 unspecified atom stereocenters. The second kappa shape index (κ2) is 5.93. The molecule has 116 valence electrons. The molecule has 21 heavy (non-hydrogen) atoms. The van der Waals surface area contributed by atoms with E-state index in [2.05, 4.69) is 23.6 Å². The Kier molecular flexibility index (Phi) is 4.18. The Morgan fingerprint density at radius 3 is 3.05 bits per heavy atom. The molecule has 4 heteroatoms. The van der Waals surface area contributed by atoms with Gasteiger partial charge in [-0.1, -0.05) is 25.5 Å². The van der Waals surface area contributed by atoms with Gasteiger partial charge in [0.15, 0.2) is 0 Å². The summed E-state index contributed by atoms with van der Waals surface area (Å²) in [6.45, 7) is 3.99. The third-order valence-electron chi connectivity index (χ3n) is 5.27. The van der Waals surface area contributed by atoms with Crippen LogP contribution in [0.4, 0.5) is 0 Å². The summed E-state index contributed by atoms with van der Waals surface area (Å²) in [6.07, 6.45) is 10.1. The Hall–Kier alpha value is -1.13. The van der Waals surface area contributed by atoms with Gasteiger partial charge in [-0.3, -0.25) is 4.79 Å². The van der Waals surface area contributed by atoms with Gasteiger partial charge in [-0.05, 0) is 38.3 Å². The second-order valence-electron chi connectivity index (χ2n) is 6.73. The molecule has 1 fully saturated rings. The standard InChI is InChI=1S/C17H26N2O2/c1-2-7-17(8-9-18-11-17)16(21)13-3-5-14-12(10-13)4-6-15(20)19-14/h4-6,12-13,15,18-20H,2-3,7-11H2,1H3. The number of rotatable bonds is 4. The summed E-state index contributed by atoms with van der Waals surface area (Å²) in [4.78, 5) is 13.1. The SMILES string of the molecule is CCCC1(C(=O)C2CC=C3NC(O)C=CC3C2)CCNC1. The minimum atomic E-state index is -0.579. The summed E-state index contributed by atoms with van der Waals surface area (Å²) >= 11 is 0. The van der Waals surface area contributed by atoms with Gasteiger partial charge < -0.3 is 15.7 Å². The highest BCUT2D eigenvalue weighted by Gasteiger charge is 2.44. The van der Waals surface area contributed by atoms with E-state index in [1.807, 2.05) is 6.08 Å². The van der Waals surface area contributed by atoms with E-state index < -0.39 is 6.23 Å². The van der Waals surface area contributed by atoms with E-state index in [1.54, 1.807) is 6.08 Å². The molecule has 3 aliphatic rings. The average molecular weight is 290 g/mol. The maximum Gasteiger partial charge on any atom is 0.143 e. The lowest BCUT2D eigenvalue weighted by atomic mass is 9.69. The zero-order valence-electron chi connectivity index (χ0n) is 12.8. The number of allylic oxidation sites excluding steroid dienone is 2. The molecule has 0 saturated carbocycles. The Morgan fingerprint density at radius 1 is 1.48 bits per heavy atom. The molecule has 4 atom stereocenters. The van der Waals surface area contributed by atoms with E-state index in [1.165, 1.54) is 0 Å². The summed E-state index contributed by atoms with van der Waals surface area (Å²) in [6, 6.07) is 0. The first-order valence-corrected chi connectivity index (χ1v) is 8.22. The maximum absolute atomic E-state index is 13.1. The Balaban J connectivity index is 1.73. The fourth-order valence-corrected chi connectivity index (χ4v) is 4.17. The third kappa shape index (κ3) is 2.79. The van der Waals surface area contributed by atoms with E-state index in [0.29, 0.717) is 5.78 Å². The summed E-state index contributed by atoms with van der Waals surface area (Å²) < 4.78 is 0. The highest BCUT2D eigenvalue weighted by atomic mass is 16.3. The largest absolute Gasteiger partial charge is 0.370 e. The van der Waals surface area contributed by atoms with Crippen molar-refractivity contribution in [1.29, 1.82) is 0 Å². The maximum atomic E-state index is 13.1. The lowest BCUT2D eigenvalue weighted by molar-refractivity contribution is -0.133. The average Bonchev–Trinajstić information content (AvgIpc) is 2.96. The number of Topliss-reactive ketones (excluding diaryl/α,β-unsaturated/α-hetero) is 1. The van der Waals surface area contributed by atoms with Gasteiger partial charge in [0.25, 0.3) is 0 Å². The molecule has 2 aliphatic heterocycles. The second-order valence-corrected chi connectivity index (χ2v) is 6.73. The molecule has 3 rings (SSSR count). The lowest BCUT2D eigenvalue weighted by Gasteiger charge is -2.36. The summed E-state index contributed by atoms with van der Waals surface area (Å²) in [5.41, 5.74) is 0.957. The highest BCUT2D eigenvalue weighted by molar-refractivity contribution is 5.88. The van der Waals surface area contributed by atoms with Crippen LogP contribution in [0.3, 0.4) is 0 Å². The molecule has 1 saturated heterocycles. The minimum absolute atomic E-state index is 0.129. The molecule has 0 radical (unpaired) electrons. The van der Waals surface area contributed by atoms with E-state index in [0.717, 1.165) is 50.9 Å². The van der Waals surface area contributed by atoms with Crippen molar-refractivity contribution in [1.82, 2.24) is 10.6 Å². The first kappa shape index (κ1) is 14.8. The highest BCUT2D eigenvalue weighted by Crippen LogP contribution is 2.40. The van der Waals surface area contributed by atoms with Gasteiger partial charge in [0.1, 0.15) is 12.0 Å². The van der Waals surface area contributed by atoms with Crippen molar-refractivity contribution in [3.05, 3.63) is 23.9 Å². The van der Waals surface area contributed by atoms with Crippen molar-refractivity contribution < 1.29 is 9.90 Å². The molecule has 0 aromatic rings. The molecule has 1 aliphatic carbocycles. The van der Waals surface area contributed by atoms with Crippen molar-refractivity contribution in [3.8, 4) is 0 Å². The van der Waals surface area contributed by atoms with Crippen LogP contribution in [0.5, 0.6) is 0 Å². The van der Waals surface area contributed by atoms with Crippen molar-refractivity contribution in [3.63, 3.8) is 0 Å². The smallest absolute Gasteiger partial charge is 0.143 e. The molecule has 4 nitrogen and oxygen atoms in total. The topological polar surface area (TPSA) is 61.4 Å². The van der Waals surface area contributed by atoms with Crippen molar-refractivity contribution in [2.45, 2.75) is 45.3 Å². The summed E-state index contributed by atoms with van der Waals surface area (Å²) in [5.74, 6) is 0.861. The molecule has 0 amide bonds. The van der Waals surface area contributed by atoms with Crippen LogP contribution in [-0.2, 0) is 4.79 Å². The summed E-state index contributed by atoms with van der Waals surface area (Å²) in [5, 5.41) is 16.1. The van der Waals surface area contributed by atoms with E-state index >= 15 is 0 Å². The van der Waals surface area contributed by atoms with Gasteiger partial charge >= 0.3 is 0 Å². The zero-order chi connectivity index (χ0) is 14.9. The Morgan fingerprint density at radius 2 is 2.33 bits per heavy atom. The van der Waals surface area contributed by atoms with Crippen LogP contribution in [-0.4, -0.2) is 30.2 Å². The predicted octanol–water partition coefficient (Wildman–Crippen LogP) is 1.72. The number of nitrogens with one attached hydrogen (secondary N) is 2. The van der Waals surface area contributed by atoms with Crippen molar-refractivity contribution in [2.24, 2.45) is 17.3 Å². The van der Waals surface area contributed by atoms with Gasteiger partial charge in [0, 0.05) is 29.5 Å². The number of aliphatic hydroxyl groups is 1. The Bertz CT molecular complexity index is 463. The number of aliphatic hydroxyl groups excluding tert-OH is 1. The van der Waals surface area contributed by atoms with E-state index in [4.69, 9.17) is 0 Å².